The maximum absolute atomic E-state index is 8.95. The van der Waals surface area contributed by atoms with Crippen LogP contribution in [0.15, 0.2) is 34.7 Å². The monoisotopic (exact) mass is 282 g/mol. The molecule has 1 aromatic heterocycles. The molecule has 0 aliphatic rings. The van der Waals surface area contributed by atoms with Gasteiger partial charge in [-0.05, 0) is 42.5 Å². The molecule has 0 bridgehead atoms. The minimum atomic E-state index is -0.133. The van der Waals surface area contributed by atoms with Crippen molar-refractivity contribution in [1.29, 1.82) is 0 Å². The maximum Gasteiger partial charge on any atom is 0.168 e. The molecule has 0 atom stereocenters. The molecular weight excluding hydrogens is 272 g/mol. The molecule has 1 aromatic carbocycles. The number of furan rings is 1. The first-order valence-corrected chi connectivity index (χ1v) is 5.94. The average Bonchev–Trinajstić information content (AvgIpc) is 2.80. The molecule has 0 unspecified atom stereocenters. The molecule has 0 spiro atoms. The van der Waals surface area contributed by atoms with Gasteiger partial charge in [0, 0.05) is 5.56 Å². The van der Waals surface area contributed by atoms with Crippen molar-refractivity contribution in [1.82, 2.24) is 0 Å². The number of benzene rings is 1. The van der Waals surface area contributed by atoms with Crippen molar-refractivity contribution in [3.8, 4) is 11.3 Å². The van der Waals surface area contributed by atoms with Gasteiger partial charge in [-0.2, -0.15) is 0 Å². The summed E-state index contributed by atoms with van der Waals surface area (Å²) in [5.41, 5.74) is 6.84. The highest BCUT2D eigenvalue weighted by atomic mass is 35.5. The van der Waals surface area contributed by atoms with Crippen molar-refractivity contribution >= 4 is 34.6 Å². The largest absolute Gasteiger partial charge is 0.459 e. The van der Waals surface area contributed by atoms with Crippen LogP contribution in [0.5, 0.6) is 0 Å². The van der Waals surface area contributed by atoms with E-state index in [4.69, 9.17) is 39.1 Å². The van der Waals surface area contributed by atoms with Crippen molar-refractivity contribution < 1.29 is 9.52 Å². The van der Waals surface area contributed by atoms with Gasteiger partial charge in [0.2, 0.25) is 0 Å². The van der Waals surface area contributed by atoms with E-state index >= 15 is 0 Å². The number of rotatable bonds is 3. The van der Waals surface area contributed by atoms with Gasteiger partial charge in [0.25, 0.3) is 0 Å². The van der Waals surface area contributed by atoms with E-state index in [0.717, 1.165) is 5.56 Å². The van der Waals surface area contributed by atoms with E-state index in [9.17, 15) is 0 Å². The molecule has 4 N–H and O–H groups in total. The zero-order valence-corrected chi connectivity index (χ0v) is 10.9. The Kier molecular flexibility index (Phi) is 3.86. The molecule has 2 aromatic rings. The van der Waals surface area contributed by atoms with Crippen molar-refractivity contribution in [2.45, 2.75) is 6.61 Å². The molecule has 6 heteroatoms. The van der Waals surface area contributed by atoms with Gasteiger partial charge < -0.3 is 20.6 Å². The third-order valence-corrected chi connectivity index (χ3v) is 2.76. The fourth-order valence-corrected chi connectivity index (χ4v) is 1.80. The van der Waals surface area contributed by atoms with E-state index in [2.05, 4.69) is 5.32 Å². The number of hydrogen-bond acceptors (Lipinski definition) is 3. The van der Waals surface area contributed by atoms with Crippen molar-refractivity contribution in [3.63, 3.8) is 0 Å². The fraction of sp³-hybridized carbons (Fsp3) is 0.0833. The number of nitrogens with two attached hydrogens (primary N) is 1. The lowest BCUT2D eigenvalue weighted by molar-refractivity contribution is 0.248. The lowest BCUT2D eigenvalue weighted by Crippen LogP contribution is -2.19. The first kappa shape index (κ1) is 12.9. The first-order valence-electron chi connectivity index (χ1n) is 5.16. The Hall–Kier alpha value is -1.56. The number of anilines is 1. The molecule has 18 heavy (non-hydrogen) atoms. The summed E-state index contributed by atoms with van der Waals surface area (Å²) in [6, 6.07) is 8.80. The summed E-state index contributed by atoms with van der Waals surface area (Å²) in [5, 5.41) is 12.4. The zero-order chi connectivity index (χ0) is 13.1. The SMILES string of the molecule is NC(=S)Nc1cc(-c2ccc(CO)o2)ccc1Cl. The van der Waals surface area contributed by atoms with Crippen LogP contribution in [0.25, 0.3) is 11.3 Å². The average molecular weight is 283 g/mol. The number of aliphatic hydroxyl groups excluding tert-OH is 1. The summed E-state index contributed by atoms with van der Waals surface area (Å²) in [5.74, 6) is 1.14. The number of halogens is 1. The lowest BCUT2D eigenvalue weighted by atomic mass is 10.1. The van der Waals surface area contributed by atoms with Crippen molar-refractivity contribution in [3.05, 3.63) is 41.1 Å². The van der Waals surface area contributed by atoms with Gasteiger partial charge in [-0.1, -0.05) is 11.6 Å². The van der Waals surface area contributed by atoms with Crippen LogP contribution in [0.1, 0.15) is 5.76 Å². The Labute approximate surface area is 114 Å². The van der Waals surface area contributed by atoms with Crippen LogP contribution in [0.2, 0.25) is 5.02 Å². The van der Waals surface area contributed by atoms with Crippen LogP contribution < -0.4 is 11.1 Å². The summed E-state index contributed by atoms with van der Waals surface area (Å²) in [4.78, 5) is 0. The van der Waals surface area contributed by atoms with Gasteiger partial charge in [0.05, 0.1) is 10.7 Å². The Morgan fingerprint density at radius 3 is 2.78 bits per heavy atom. The smallest absolute Gasteiger partial charge is 0.168 e. The lowest BCUT2D eigenvalue weighted by Gasteiger charge is -2.07. The zero-order valence-electron chi connectivity index (χ0n) is 9.31. The van der Waals surface area contributed by atoms with E-state index in [0.29, 0.717) is 22.2 Å². The molecule has 0 saturated carbocycles. The molecule has 0 aliphatic heterocycles. The summed E-state index contributed by atoms with van der Waals surface area (Å²) in [7, 11) is 0. The molecule has 0 aliphatic carbocycles. The molecule has 2 rings (SSSR count). The van der Waals surface area contributed by atoms with Crippen LogP contribution in [0, 0.1) is 0 Å². The second-order valence-corrected chi connectivity index (χ2v) is 4.45. The molecule has 0 fully saturated rings. The molecular formula is C12H11ClN2O2S. The van der Waals surface area contributed by atoms with Gasteiger partial charge in [-0.15, -0.1) is 0 Å². The fourth-order valence-electron chi connectivity index (χ4n) is 1.53. The summed E-state index contributed by atoms with van der Waals surface area (Å²) in [6.07, 6.45) is 0. The quantitative estimate of drug-likeness (QED) is 0.755. The Balaban J connectivity index is 2.36. The molecule has 0 radical (unpaired) electrons. The highest BCUT2D eigenvalue weighted by molar-refractivity contribution is 7.80. The van der Waals surface area contributed by atoms with Gasteiger partial charge >= 0.3 is 0 Å². The van der Waals surface area contributed by atoms with Crippen LogP contribution in [-0.4, -0.2) is 10.2 Å². The normalized spacial score (nSPS) is 10.3. The van der Waals surface area contributed by atoms with Gasteiger partial charge in [-0.25, -0.2) is 0 Å². The molecule has 0 amide bonds. The Morgan fingerprint density at radius 2 is 2.17 bits per heavy atom. The molecule has 0 saturated heterocycles. The number of aliphatic hydroxyl groups is 1. The first-order chi connectivity index (χ1) is 8.60. The summed E-state index contributed by atoms with van der Waals surface area (Å²) < 4.78 is 5.43. The minimum Gasteiger partial charge on any atom is -0.459 e. The number of hydrogen-bond donors (Lipinski definition) is 3. The van der Waals surface area contributed by atoms with Crippen LogP contribution in [0.3, 0.4) is 0 Å². The third-order valence-electron chi connectivity index (χ3n) is 2.33. The topological polar surface area (TPSA) is 71.4 Å². The molecule has 4 nitrogen and oxygen atoms in total. The second kappa shape index (κ2) is 5.39. The highest BCUT2D eigenvalue weighted by Crippen LogP contribution is 2.29. The Morgan fingerprint density at radius 1 is 1.39 bits per heavy atom. The number of nitrogens with one attached hydrogen (secondary N) is 1. The van der Waals surface area contributed by atoms with E-state index < -0.39 is 0 Å². The van der Waals surface area contributed by atoms with Gasteiger partial charge in [0.1, 0.15) is 18.1 Å². The van der Waals surface area contributed by atoms with Crippen molar-refractivity contribution in [2.24, 2.45) is 5.73 Å². The minimum absolute atomic E-state index is 0.133. The standard InChI is InChI=1S/C12H11ClN2O2S/c13-9-3-1-7(5-10(9)15-12(14)18)11-4-2-8(6-16)17-11/h1-5,16H,6H2,(H3,14,15,18). The van der Waals surface area contributed by atoms with Crippen LogP contribution in [-0.2, 0) is 6.61 Å². The van der Waals surface area contributed by atoms with Crippen LogP contribution in [0.4, 0.5) is 5.69 Å². The van der Waals surface area contributed by atoms with Gasteiger partial charge in [0.15, 0.2) is 5.11 Å². The number of thiocarbonyl (C=S) groups is 1. The predicted octanol–water partition coefficient (Wildman–Crippen LogP) is 2.75. The maximum atomic E-state index is 8.95. The summed E-state index contributed by atoms with van der Waals surface area (Å²) >= 11 is 10.8. The summed E-state index contributed by atoms with van der Waals surface area (Å²) in [6.45, 7) is -0.133. The Bertz CT molecular complexity index is 583. The van der Waals surface area contributed by atoms with E-state index in [1.807, 2.05) is 6.07 Å². The van der Waals surface area contributed by atoms with E-state index in [1.54, 1.807) is 24.3 Å². The highest BCUT2D eigenvalue weighted by Gasteiger charge is 2.08. The van der Waals surface area contributed by atoms with Crippen molar-refractivity contribution in [2.75, 3.05) is 5.32 Å². The third kappa shape index (κ3) is 2.81. The predicted molar refractivity (Wildman–Crippen MR) is 75.5 cm³/mol. The van der Waals surface area contributed by atoms with E-state index in [-0.39, 0.29) is 11.7 Å². The van der Waals surface area contributed by atoms with E-state index in [1.165, 1.54) is 0 Å². The van der Waals surface area contributed by atoms with Gasteiger partial charge in [-0.3, -0.25) is 0 Å². The molecule has 94 valence electrons. The second-order valence-electron chi connectivity index (χ2n) is 3.61. The molecule has 1 heterocycles. The van der Waals surface area contributed by atoms with Crippen LogP contribution >= 0.6 is 23.8 Å².